The van der Waals surface area contributed by atoms with Gasteiger partial charge >= 0.3 is 12.2 Å². The van der Waals surface area contributed by atoms with Crippen molar-refractivity contribution in [3.05, 3.63) is 82.9 Å². The van der Waals surface area contributed by atoms with Gasteiger partial charge in [-0.15, -0.1) is 6.58 Å². The Kier molecular flexibility index (Phi) is 18.2. The zero-order chi connectivity index (χ0) is 40.5. The van der Waals surface area contributed by atoms with E-state index in [0.717, 1.165) is 0 Å². The first-order valence-electron chi connectivity index (χ1n) is 17.3. The van der Waals surface area contributed by atoms with Crippen molar-refractivity contribution in [1.29, 1.82) is 0 Å². The molecule has 2 aromatic carbocycles. The number of aliphatic imine (C=N–C) groups is 1. The quantitative estimate of drug-likeness (QED) is 0.0531. The number of amidine groups is 1. The molecule has 15 heteroatoms. The molecule has 0 aliphatic heterocycles. The number of anilines is 1. The molecule has 0 aliphatic rings. The highest BCUT2D eigenvalue weighted by Crippen LogP contribution is 2.32. The fourth-order valence-corrected chi connectivity index (χ4v) is 5.10. The van der Waals surface area contributed by atoms with E-state index in [0.29, 0.717) is 42.0 Å². The number of halogens is 2. The van der Waals surface area contributed by atoms with E-state index in [1.807, 2.05) is 0 Å². The van der Waals surface area contributed by atoms with Crippen LogP contribution >= 0.6 is 23.2 Å². The van der Waals surface area contributed by atoms with Crippen molar-refractivity contribution in [1.82, 2.24) is 10.2 Å². The highest BCUT2D eigenvalue weighted by atomic mass is 35.5. The van der Waals surface area contributed by atoms with E-state index >= 15 is 0 Å². The third-order valence-corrected chi connectivity index (χ3v) is 7.25. The lowest BCUT2D eigenvalue weighted by Gasteiger charge is -2.27. The van der Waals surface area contributed by atoms with Crippen molar-refractivity contribution in [3.8, 4) is 5.75 Å². The van der Waals surface area contributed by atoms with Gasteiger partial charge < -0.3 is 29.7 Å². The van der Waals surface area contributed by atoms with Crippen LogP contribution < -0.4 is 15.4 Å². The molecular formula is C39H51Cl2N5O8. The van der Waals surface area contributed by atoms with Crippen LogP contribution in [0, 0.1) is 0 Å². The maximum Gasteiger partial charge on any atom is 0.435 e. The van der Waals surface area contributed by atoms with Crippen molar-refractivity contribution >= 4 is 64.4 Å². The Bertz CT molecular complexity index is 1670. The summed E-state index contributed by atoms with van der Waals surface area (Å²) in [6.07, 6.45) is 2.65. The van der Waals surface area contributed by atoms with Gasteiger partial charge in [0.2, 0.25) is 11.8 Å². The molecule has 0 saturated heterocycles. The molecule has 2 rings (SSSR count). The van der Waals surface area contributed by atoms with Crippen LogP contribution in [0.1, 0.15) is 78.9 Å². The fraction of sp³-hybridized carbons (Fsp3) is 0.436. The Morgan fingerprint density at radius 2 is 1.54 bits per heavy atom. The molecule has 54 heavy (non-hydrogen) atoms. The van der Waals surface area contributed by atoms with E-state index in [1.165, 1.54) is 17.0 Å². The number of oxime groups is 1. The van der Waals surface area contributed by atoms with Crippen LogP contribution in [-0.4, -0.2) is 78.0 Å². The first-order valence-corrected chi connectivity index (χ1v) is 18.1. The predicted molar refractivity (Wildman–Crippen MR) is 213 cm³/mol. The van der Waals surface area contributed by atoms with Gasteiger partial charge in [-0.1, -0.05) is 47.1 Å². The van der Waals surface area contributed by atoms with Crippen LogP contribution in [0.25, 0.3) is 0 Å². The largest absolute Gasteiger partial charge is 0.490 e. The second kappa shape index (κ2) is 21.7. The minimum Gasteiger partial charge on any atom is -0.490 e. The highest BCUT2D eigenvalue weighted by Gasteiger charge is 2.25. The molecule has 0 aliphatic carbocycles. The SMILES string of the molecule is C=CCCCN(CC(=O)Nc1c(Cl)cc(C/C(=N\C(=O)OC(C)(C)C)NC(=O)CC(=NOCC)c2ccc(OCC=C)cc2)cc1Cl)C(=O)OC(C)(C)C. The van der Waals surface area contributed by atoms with Gasteiger partial charge in [0.25, 0.3) is 0 Å². The zero-order valence-electron chi connectivity index (χ0n) is 32.1. The second-order valence-corrected chi connectivity index (χ2v) is 14.7. The van der Waals surface area contributed by atoms with Gasteiger partial charge in [-0.2, -0.15) is 4.99 Å². The van der Waals surface area contributed by atoms with Gasteiger partial charge in [-0.25, -0.2) is 9.59 Å². The number of carbonyl (C=O) groups excluding carboxylic acids is 4. The Morgan fingerprint density at radius 1 is 0.907 bits per heavy atom. The van der Waals surface area contributed by atoms with Gasteiger partial charge in [-0.3, -0.25) is 14.5 Å². The van der Waals surface area contributed by atoms with Crippen LogP contribution in [0.5, 0.6) is 5.75 Å². The third-order valence-electron chi connectivity index (χ3n) is 6.65. The Balaban J connectivity index is 2.32. The van der Waals surface area contributed by atoms with Gasteiger partial charge in [0.15, 0.2) is 0 Å². The number of hydrogen-bond donors (Lipinski definition) is 2. The Labute approximate surface area is 327 Å². The molecule has 0 atom stereocenters. The van der Waals surface area contributed by atoms with Crippen molar-refractivity contribution in [2.75, 3.05) is 31.6 Å². The predicted octanol–water partition coefficient (Wildman–Crippen LogP) is 8.52. The number of allylic oxidation sites excluding steroid dienone is 1. The number of carbonyl (C=O) groups is 4. The summed E-state index contributed by atoms with van der Waals surface area (Å²) in [5.74, 6) is -0.560. The van der Waals surface area contributed by atoms with Crippen LogP contribution in [0.2, 0.25) is 10.0 Å². The first kappa shape index (κ1) is 45.3. The van der Waals surface area contributed by atoms with Gasteiger partial charge in [0.05, 0.1) is 27.9 Å². The molecule has 0 fully saturated rings. The van der Waals surface area contributed by atoms with Crippen molar-refractivity contribution < 1.29 is 38.2 Å². The molecular weight excluding hydrogens is 737 g/mol. The number of unbranched alkanes of at least 4 members (excludes halogenated alkanes) is 1. The zero-order valence-corrected chi connectivity index (χ0v) is 33.6. The number of nitrogens with zero attached hydrogens (tertiary/aromatic N) is 3. The lowest BCUT2D eigenvalue weighted by Crippen LogP contribution is -2.41. The molecule has 4 amide bonds. The Morgan fingerprint density at radius 3 is 2.09 bits per heavy atom. The van der Waals surface area contributed by atoms with Crippen LogP contribution in [-0.2, 0) is 30.3 Å². The van der Waals surface area contributed by atoms with E-state index < -0.39 is 35.2 Å². The highest BCUT2D eigenvalue weighted by molar-refractivity contribution is 6.40. The molecule has 2 aromatic rings. The molecule has 0 saturated carbocycles. The third kappa shape index (κ3) is 17.3. The average molecular weight is 789 g/mol. The van der Waals surface area contributed by atoms with Gasteiger partial charge in [0, 0.05) is 18.5 Å². The number of nitrogens with one attached hydrogen (secondary N) is 2. The first-order chi connectivity index (χ1) is 25.3. The minimum atomic E-state index is -0.931. The lowest BCUT2D eigenvalue weighted by molar-refractivity contribution is -0.119. The van der Waals surface area contributed by atoms with Gasteiger partial charge in [-0.05, 0) is 103 Å². The maximum atomic E-state index is 13.4. The van der Waals surface area contributed by atoms with E-state index in [1.54, 1.807) is 84.9 Å². The summed E-state index contributed by atoms with van der Waals surface area (Å²) < 4.78 is 16.4. The van der Waals surface area contributed by atoms with Crippen LogP contribution in [0.3, 0.4) is 0 Å². The van der Waals surface area contributed by atoms with Gasteiger partial charge in [0.1, 0.15) is 42.5 Å². The van der Waals surface area contributed by atoms with Crippen molar-refractivity contribution in [3.63, 3.8) is 0 Å². The van der Waals surface area contributed by atoms with E-state index in [2.05, 4.69) is 33.9 Å². The van der Waals surface area contributed by atoms with Crippen molar-refractivity contribution in [2.45, 2.75) is 85.4 Å². The Hall–Kier alpha value is -4.88. The average Bonchev–Trinajstić information content (AvgIpc) is 3.05. The summed E-state index contributed by atoms with van der Waals surface area (Å²) in [5.41, 5.74) is -0.134. The summed E-state index contributed by atoms with van der Waals surface area (Å²) in [6.45, 7) is 19.9. The maximum absolute atomic E-state index is 13.4. The normalized spacial score (nSPS) is 11.9. The molecule has 0 radical (unpaired) electrons. The summed E-state index contributed by atoms with van der Waals surface area (Å²) in [7, 11) is 0. The number of ether oxygens (including phenoxy) is 3. The molecule has 0 spiro atoms. The molecule has 2 N–H and O–H groups in total. The fourth-order valence-electron chi connectivity index (χ4n) is 4.47. The molecule has 0 bridgehead atoms. The summed E-state index contributed by atoms with van der Waals surface area (Å²) in [5, 5.41) is 9.61. The minimum absolute atomic E-state index is 0.0605. The van der Waals surface area contributed by atoms with E-state index in [9.17, 15) is 19.2 Å². The number of hydrogen-bond acceptors (Lipinski definition) is 9. The molecule has 294 valence electrons. The summed E-state index contributed by atoms with van der Waals surface area (Å²) in [6, 6.07) is 9.95. The standard InChI is InChI=1S/C39H51Cl2N5O8/c1-10-13-14-19-46(37(50)54-39(7,8)9)25-34(48)44-35-29(40)21-26(22-30(35)41)23-32(43-36(49)53-38(4,5)6)42-33(47)24-31(45-52-12-3)27-15-17-28(18-16-27)51-20-11-2/h10-11,15-18,21-22H,1-2,12-14,19-20,23-25H2,3-9H3,(H,44,48)(H,42,43,47,49). The van der Waals surface area contributed by atoms with E-state index in [-0.39, 0.29) is 54.1 Å². The topological polar surface area (TPSA) is 157 Å². The number of amides is 4. The molecule has 13 nitrogen and oxygen atoms in total. The monoisotopic (exact) mass is 787 g/mol. The number of rotatable bonds is 17. The van der Waals surface area contributed by atoms with E-state index in [4.69, 9.17) is 42.3 Å². The lowest BCUT2D eigenvalue weighted by atomic mass is 10.1. The van der Waals surface area contributed by atoms with Crippen LogP contribution in [0.15, 0.2) is 71.9 Å². The van der Waals surface area contributed by atoms with Crippen molar-refractivity contribution in [2.24, 2.45) is 10.1 Å². The molecule has 0 unspecified atom stereocenters. The van der Waals surface area contributed by atoms with Crippen LogP contribution in [0.4, 0.5) is 15.3 Å². The molecule has 0 aromatic heterocycles. The number of benzene rings is 2. The second-order valence-electron chi connectivity index (χ2n) is 13.8. The summed E-state index contributed by atoms with van der Waals surface area (Å²) >= 11 is 13.2. The smallest absolute Gasteiger partial charge is 0.435 e. The summed E-state index contributed by atoms with van der Waals surface area (Å²) in [4.78, 5) is 62.7. The molecule has 0 heterocycles.